The van der Waals surface area contributed by atoms with Crippen LogP contribution < -0.4 is 0 Å². The lowest BCUT2D eigenvalue weighted by Gasteiger charge is -2.13. The lowest BCUT2D eigenvalue weighted by atomic mass is 10.2. The molecule has 0 spiro atoms. The van der Waals surface area contributed by atoms with Gasteiger partial charge in [-0.3, -0.25) is 4.57 Å². The highest BCUT2D eigenvalue weighted by molar-refractivity contribution is 7.59. The smallest absolute Gasteiger partial charge is 0.203 e. The maximum atomic E-state index is 11.8. The molecule has 72 valence electrons. The average Bonchev–Trinajstić information content (AvgIpc) is 2.29. The summed E-state index contributed by atoms with van der Waals surface area (Å²) in [6, 6.07) is 0. The number of aliphatic hydroxyl groups is 1. The van der Waals surface area contributed by atoms with E-state index < -0.39 is 13.5 Å². The van der Waals surface area contributed by atoms with E-state index in [-0.39, 0.29) is 6.61 Å². The first-order valence-corrected chi connectivity index (χ1v) is 6.42. The monoisotopic (exact) mass is 192 g/mol. The minimum absolute atomic E-state index is 0.212. The highest BCUT2D eigenvalue weighted by atomic mass is 31.2. The van der Waals surface area contributed by atoms with E-state index in [1.165, 1.54) is 0 Å². The molecule has 3 atom stereocenters. The second kappa shape index (κ2) is 3.91. The lowest BCUT2D eigenvalue weighted by molar-refractivity contribution is 0.124. The van der Waals surface area contributed by atoms with Crippen LogP contribution in [0.1, 0.15) is 20.3 Å². The topological polar surface area (TPSA) is 46.5 Å². The SMILES string of the molecule is CC(O)COP1(=O)CCC(C)C1. The standard InChI is InChI=1S/C8H17O3P/c1-7-3-4-12(10,6-7)11-5-8(2)9/h7-9H,3-6H2,1-2H3. The van der Waals surface area contributed by atoms with E-state index in [0.717, 1.165) is 6.42 Å². The number of hydrogen-bond acceptors (Lipinski definition) is 3. The van der Waals surface area contributed by atoms with Gasteiger partial charge in [0.05, 0.1) is 12.7 Å². The Morgan fingerprint density at radius 1 is 1.75 bits per heavy atom. The molecule has 0 aromatic rings. The van der Waals surface area contributed by atoms with Crippen molar-refractivity contribution in [3.63, 3.8) is 0 Å². The third kappa shape index (κ3) is 2.89. The molecule has 3 unspecified atom stereocenters. The van der Waals surface area contributed by atoms with Crippen molar-refractivity contribution in [2.75, 3.05) is 18.9 Å². The number of rotatable bonds is 3. The van der Waals surface area contributed by atoms with Crippen LogP contribution in [0.5, 0.6) is 0 Å². The molecule has 0 saturated carbocycles. The molecule has 3 nitrogen and oxygen atoms in total. The van der Waals surface area contributed by atoms with Crippen molar-refractivity contribution in [2.24, 2.45) is 5.92 Å². The van der Waals surface area contributed by atoms with Gasteiger partial charge >= 0.3 is 0 Å². The second-order valence-corrected chi connectivity index (χ2v) is 6.46. The Balaban J connectivity index is 2.36. The van der Waals surface area contributed by atoms with Crippen molar-refractivity contribution in [3.05, 3.63) is 0 Å². The molecule has 0 bridgehead atoms. The van der Waals surface area contributed by atoms with Crippen LogP contribution in [0.25, 0.3) is 0 Å². The zero-order valence-corrected chi connectivity index (χ0v) is 8.59. The highest BCUT2D eigenvalue weighted by Crippen LogP contribution is 2.54. The molecule has 0 aromatic carbocycles. The normalized spacial score (nSPS) is 38.4. The number of aliphatic hydroxyl groups excluding tert-OH is 1. The predicted octanol–water partition coefficient (Wildman–Crippen LogP) is 1.70. The van der Waals surface area contributed by atoms with E-state index in [1.807, 2.05) is 0 Å². The fourth-order valence-electron chi connectivity index (χ4n) is 1.44. The van der Waals surface area contributed by atoms with Gasteiger partial charge in [-0.05, 0) is 19.3 Å². The van der Waals surface area contributed by atoms with Crippen LogP contribution in [0.3, 0.4) is 0 Å². The summed E-state index contributed by atoms with van der Waals surface area (Å²) in [4.78, 5) is 0. The molecule has 4 heteroatoms. The summed E-state index contributed by atoms with van der Waals surface area (Å²) in [5.41, 5.74) is 0. The van der Waals surface area contributed by atoms with Crippen molar-refractivity contribution in [3.8, 4) is 0 Å². The maximum absolute atomic E-state index is 11.8. The molecular formula is C8H17O3P. The molecule has 1 aliphatic rings. The van der Waals surface area contributed by atoms with Gasteiger partial charge in [-0.25, -0.2) is 0 Å². The van der Waals surface area contributed by atoms with Crippen LogP contribution >= 0.6 is 7.37 Å². The zero-order valence-electron chi connectivity index (χ0n) is 7.69. The third-order valence-corrected chi connectivity index (χ3v) is 4.84. The van der Waals surface area contributed by atoms with Gasteiger partial charge in [-0.1, -0.05) is 6.92 Å². The van der Waals surface area contributed by atoms with E-state index in [0.29, 0.717) is 18.2 Å². The fraction of sp³-hybridized carbons (Fsp3) is 1.00. The van der Waals surface area contributed by atoms with Crippen LogP contribution in [-0.4, -0.2) is 30.1 Å². The molecule has 12 heavy (non-hydrogen) atoms. The third-order valence-electron chi connectivity index (χ3n) is 2.10. The summed E-state index contributed by atoms with van der Waals surface area (Å²) >= 11 is 0. The van der Waals surface area contributed by atoms with Gasteiger partial charge in [0.25, 0.3) is 0 Å². The van der Waals surface area contributed by atoms with Crippen molar-refractivity contribution in [2.45, 2.75) is 26.4 Å². The second-order valence-electron chi connectivity index (χ2n) is 3.76. The first kappa shape index (κ1) is 10.2. The summed E-state index contributed by atoms with van der Waals surface area (Å²) in [6.45, 7) is 3.95. The van der Waals surface area contributed by atoms with E-state index in [2.05, 4.69) is 6.92 Å². The van der Waals surface area contributed by atoms with Crippen molar-refractivity contribution in [1.82, 2.24) is 0 Å². The Labute approximate surface area is 73.6 Å². The van der Waals surface area contributed by atoms with Gasteiger partial charge < -0.3 is 9.63 Å². The molecule has 1 N–H and O–H groups in total. The molecule has 0 aromatic heterocycles. The Kier molecular flexibility index (Phi) is 3.33. The first-order chi connectivity index (χ1) is 5.52. The Morgan fingerprint density at radius 2 is 2.42 bits per heavy atom. The van der Waals surface area contributed by atoms with Gasteiger partial charge in [0, 0.05) is 12.3 Å². The molecule has 0 aliphatic carbocycles. The lowest BCUT2D eigenvalue weighted by Crippen LogP contribution is -2.09. The largest absolute Gasteiger partial charge is 0.391 e. The van der Waals surface area contributed by atoms with Crippen LogP contribution in [-0.2, 0) is 9.09 Å². The molecular weight excluding hydrogens is 175 g/mol. The van der Waals surface area contributed by atoms with Gasteiger partial charge in [0.2, 0.25) is 7.37 Å². The van der Waals surface area contributed by atoms with Crippen LogP contribution in [0.2, 0.25) is 0 Å². The van der Waals surface area contributed by atoms with Crippen molar-refractivity contribution in [1.29, 1.82) is 0 Å². The van der Waals surface area contributed by atoms with Crippen LogP contribution in [0.15, 0.2) is 0 Å². The molecule has 1 saturated heterocycles. The van der Waals surface area contributed by atoms with E-state index >= 15 is 0 Å². The van der Waals surface area contributed by atoms with Crippen molar-refractivity contribution >= 4 is 7.37 Å². The Bertz CT molecular complexity index is 191. The van der Waals surface area contributed by atoms with Crippen LogP contribution in [0, 0.1) is 5.92 Å². The highest BCUT2D eigenvalue weighted by Gasteiger charge is 2.32. The van der Waals surface area contributed by atoms with Gasteiger partial charge in [-0.15, -0.1) is 0 Å². The van der Waals surface area contributed by atoms with Gasteiger partial charge in [0.1, 0.15) is 0 Å². The Morgan fingerprint density at radius 3 is 2.83 bits per heavy atom. The molecule has 1 rings (SSSR count). The summed E-state index contributed by atoms with van der Waals surface area (Å²) in [5.74, 6) is 0.518. The minimum atomic E-state index is -2.34. The summed E-state index contributed by atoms with van der Waals surface area (Å²) in [5, 5.41) is 8.95. The predicted molar refractivity (Wildman–Crippen MR) is 48.8 cm³/mol. The maximum Gasteiger partial charge on any atom is 0.203 e. The quantitative estimate of drug-likeness (QED) is 0.692. The summed E-state index contributed by atoms with van der Waals surface area (Å²) in [7, 11) is -2.34. The van der Waals surface area contributed by atoms with E-state index in [4.69, 9.17) is 9.63 Å². The number of hydrogen-bond donors (Lipinski definition) is 1. The van der Waals surface area contributed by atoms with Crippen LogP contribution in [0.4, 0.5) is 0 Å². The molecule has 1 fully saturated rings. The first-order valence-electron chi connectivity index (χ1n) is 4.42. The molecule has 0 amide bonds. The molecule has 1 heterocycles. The average molecular weight is 192 g/mol. The zero-order chi connectivity index (χ0) is 9.19. The fourth-order valence-corrected chi connectivity index (χ4v) is 4.31. The summed E-state index contributed by atoms with van der Waals surface area (Å²) in [6.07, 6.45) is 1.88. The summed E-state index contributed by atoms with van der Waals surface area (Å²) < 4.78 is 17.0. The van der Waals surface area contributed by atoms with Crippen molar-refractivity contribution < 1.29 is 14.2 Å². The van der Waals surface area contributed by atoms with E-state index in [9.17, 15) is 4.57 Å². The van der Waals surface area contributed by atoms with Gasteiger partial charge in [0.15, 0.2) is 0 Å². The Hall–Kier alpha value is 0.150. The van der Waals surface area contributed by atoms with E-state index in [1.54, 1.807) is 6.92 Å². The molecule has 0 radical (unpaired) electrons. The minimum Gasteiger partial charge on any atom is -0.391 e. The van der Waals surface area contributed by atoms with Gasteiger partial charge in [-0.2, -0.15) is 0 Å². The molecule has 1 aliphatic heterocycles.